The van der Waals surface area contributed by atoms with Crippen LogP contribution in [-0.2, 0) is 9.47 Å². The van der Waals surface area contributed by atoms with Crippen LogP contribution in [0.5, 0.6) is 0 Å². The number of allylic oxidation sites excluding steroid dienone is 24. The minimum Gasteiger partial charge on any atom is -0.394 e. The van der Waals surface area contributed by atoms with Crippen LogP contribution in [0.25, 0.3) is 0 Å². The molecule has 0 aromatic carbocycles. The third-order valence-electron chi connectivity index (χ3n) is 8.47. The van der Waals surface area contributed by atoms with E-state index in [2.05, 4.69) is 159 Å². The molecule has 0 radical (unpaired) electrons. The molecule has 0 spiro atoms. The summed E-state index contributed by atoms with van der Waals surface area (Å²) < 4.78 is 11.5. The molecule has 5 atom stereocenters. The Balaban J connectivity index is 2.51. The van der Waals surface area contributed by atoms with Crippen molar-refractivity contribution in [3.63, 3.8) is 0 Å². The maximum atomic E-state index is 10.3. The Bertz CT molecular complexity index is 1450. The summed E-state index contributed by atoms with van der Waals surface area (Å²) in [6.07, 6.45) is 34.1. The van der Waals surface area contributed by atoms with Gasteiger partial charge in [-0.05, 0) is 101 Å². The Morgan fingerprint density at radius 1 is 0.596 bits per heavy atom. The second-order valence-electron chi connectivity index (χ2n) is 14.7. The first-order chi connectivity index (χ1) is 24.5. The molecule has 1 aliphatic heterocycles. The van der Waals surface area contributed by atoms with Crippen molar-refractivity contribution >= 4 is 0 Å². The first-order valence-corrected chi connectivity index (χ1v) is 18.6. The minimum absolute atomic E-state index is 0.480. The van der Waals surface area contributed by atoms with E-state index in [0.29, 0.717) is 6.42 Å². The zero-order chi connectivity index (χ0) is 39.1. The average Bonchev–Trinajstić information content (AvgIpc) is 3.06. The summed E-state index contributed by atoms with van der Waals surface area (Å²) in [5.74, 6) is 0. The number of aliphatic hydroxyl groups is 4. The molecule has 0 aromatic heterocycles. The molecule has 0 saturated carbocycles. The zero-order valence-electron chi connectivity index (χ0n) is 33.5. The Morgan fingerprint density at radius 2 is 1.04 bits per heavy atom. The number of rotatable bonds is 20. The minimum atomic E-state index is -1.45. The number of ether oxygens (including phenoxy) is 2. The lowest BCUT2D eigenvalue weighted by atomic mass is 9.96. The molecule has 4 N–H and O–H groups in total. The third kappa shape index (κ3) is 21.2. The van der Waals surface area contributed by atoms with E-state index in [9.17, 15) is 20.4 Å². The fourth-order valence-corrected chi connectivity index (χ4v) is 5.15. The molecular formula is C46H68O6. The van der Waals surface area contributed by atoms with Crippen LogP contribution < -0.4 is 0 Å². The summed E-state index contributed by atoms with van der Waals surface area (Å²) in [5.41, 5.74) is 8.05. The van der Waals surface area contributed by atoms with Crippen molar-refractivity contribution in [1.82, 2.24) is 0 Å². The molecule has 0 unspecified atom stereocenters. The molecule has 0 bridgehead atoms. The van der Waals surface area contributed by atoms with E-state index in [1.165, 1.54) is 27.9 Å². The Hall–Kier alpha value is -3.36. The first-order valence-electron chi connectivity index (χ1n) is 18.6. The van der Waals surface area contributed by atoms with Crippen molar-refractivity contribution in [3.8, 4) is 0 Å². The molecule has 52 heavy (non-hydrogen) atoms. The van der Waals surface area contributed by atoms with Crippen molar-refractivity contribution in [1.29, 1.82) is 0 Å². The highest BCUT2D eigenvalue weighted by atomic mass is 16.7. The first kappa shape index (κ1) is 46.7. The van der Waals surface area contributed by atoms with Crippen molar-refractivity contribution in [2.45, 2.75) is 138 Å². The number of aliphatic hydroxyl groups excluding tert-OH is 4. The van der Waals surface area contributed by atoms with Gasteiger partial charge in [-0.2, -0.15) is 0 Å². The standard InChI is InChI=1S/C46H68O6/c1-34(2)19-13-22-37(5)25-16-28-38(6)26-14-23-35(3)20-11-12-21-36(4)24-15-27-39(7)29-17-30-40(8)31-18-32-46(9,10)52-45-44(50)43(49)42(48)41(33-47)51-45/h11-12,14-17,19-21,23-30,41-45,47-50H,13,18,22,31-33H2,1-10H3/b12-11+,23-14+,24-15+,28-16+,29-17+,35-20-,36-21-,37-25-,38-26-,39-27-,40-30-/t41-,42+,43-,44+,45-/m0/s1. The monoisotopic (exact) mass is 717 g/mol. The maximum Gasteiger partial charge on any atom is 0.187 e. The van der Waals surface area contributed by atoms with Crippen LogP contribution >= 0.6 is 0 Å². The van der Waals surface area contributed by atoms with Gasteiger partial charge in [0.05, 0.1) is 12.2 Å². The molecule has 1 fully saturated rings. The fraction of sp³-hybridized carbons (Fsp3) is 0.478. The maximum absolute atomic E-state index is 10.3. The molecule has 1 rings (SSSR count). The van der Waals surface area contributed by atoms with Gasteiger partial charge < -0.3 is 29.9 Å². The summed E-state index contributed by atoms with van der Waals surface area (Å²) in [6, 6.07) is 0. The molecule has 288 valence electrons. The predicted octanol–water partition coefficient (Wildman–Crippen LogP) is 9.96. The SMILES string of the molecule is CC(C)=CCC\C(C)=C/C=C/C(C)=C\C=C\C(C)=C/C=C/C=C(C)\C=C\C=C(C)/C=C/C=C(/C)CCCC(C)(C)O[C@@H]1O[C@@H](CO)[C@@H](O)[C@H](O)[C@H]1O. The molecule has 1 saturated heterocycles. The second kappa shape index (κ2) is 25.6. The summed E-state index contributed by atoms with van der Waals surface area (Å²) in [7, 11) is 0. The van der Waals surface area contributed by atoms with E-state index in [0.717, 1.165) is 36.8 Å². The molecular weight excluding hydrogens is 649 g/mol. The van der Waals surface area contributed by atoms with Crippen molar-refractivity contribution in [2.24, 2.45) is 0 Å². The smallest absolute Gasteiger partial charge is 0.187 e. The van der Waals surface area contributed by atoms with Crippen LogP contribution in [0.3, 0.4) is 0 Å². The molecule has 0 aromatic rings. The number of hydrogen-bond acceptors (Lipinski definition) is 6. The van der Waals surface area contributed by atoms with E-state index < -0.39 is 42.9 Å². The summed E-state index contributed by atoms with van der Waals surface area (Å²) >= 11 is 0. The highest BCUT2D eigenvalue weighted by molar-refractivity contribution is 5.32. The van der Waals surface area contributed by atoms with Gasteiger partial charge in [0, 0.05) is 0 Å². The lowest BCUT2D eigenvalue weighted by Gasteiger charge is -2.42. The summed E-state index contributed by atoms with van der Waals surface area (Å²) in [4.78, 5) is 0. The summed E-state index contributed by atoms with van der Waals surface area (Å²) in [6.45, 7) is 20.2. The van der Waals surface area contributed by atoms with Gasteiger partial charge in [0.25, 0.3) is 0 Å². The largest absolute Gasteiger partial charge is 0.394 e. The van der Waals surface area contributed by atoms with E-state index in [1.807, 2.05) is 13.8 Å². The molecule has 0 amide bonds. The molecule has 1 aliphatic rings. The van der Waals surface area contributed by atoms with Crippen LogP contribution in [0.2, 0.25) is 0 Å². The highest BCUT2D eigenvalue weighted by Crippen LogP contribution is 2.28. The Labute approximate surface area is 315 Å². The van der Waals surface area contributed by atoms with Crippen LogP contribution in [0.15, 0.2) is 142 Å². The fourth-order valence-electron chi connectivity index (χ4n) is 5.15. The number of hydrogen-bond donors (Lipinski definition) is 4. The van der Waals surface area contributed by atoms with Crippen molar-refractivity contribution in [2.75, 3.05) is 6.61 Å². The van der Waals surface area contributed by atoms with Crippen LogP contribution in [-0.4, -0.2) is 63.3 Å². The summed E-state index contributed by atoms with van der Waals surface area (Å²) in [5, 5.41) is 39.7. The van der Waals surface area contributed by atoms with Gasteiger partial charge in [-0.1, -0.05) is 142 Å². The van der Waals surface area contributed by atoms with Gasteiger partial charge in [0.2, 0.25) is 0 Å². The molecule has 0 aliphatic carbocycles. The van der Waals surface area contributed by atoms with E-state index in [4.69, 9.17) is 9.47 Å². The lowest BCUT2D eigenvalue weighted by molar-refractivity contribution is -0.323. The van der Waals surface area contributed by atoms with Crippen molar-refractivity contribution in [3.05, 3.63) is 142 Å². The highest BCUT2D eigenvalue weighted by Gasteiger charge is 2.45. The molecule has 1 heterocycles. The lowest BCUT2D eigenvalue weighted by Crippen LogP contribution is -2.60. The molecule has 6 nitrogen and oxygen atoms in total. The van der Waals surface area contributed by atoms with Crippen LogP contribution in [0.1, 0.15) is 101 Å². The van der Waals surface area contributed by atoms with Gasteiger partial charge >= 0.3 is 0 Å². The van der Waals surface area contributed by atoms with Gasteiger partial charge in [0.1, 0.15) is 24.4 Å². The van der Waals surface area contributed by atoms with Crippen molar-refractivity contribution < 1.29 is 29.9 Å². The second-order valence-corrected chi connectivity index (χ2v) is 14.7. The third-order valence-corrected chi connectivity index (χ3v) is 8.47. The Kier molecular flexibility index (Phi) is 23.0. The molecule has 6 heteroatoms. The van der Waals surface area contributed by atoms with Gasteiger partial charge in [-0.15, -0.1) is 0 Å². The topological polar surface area (TPSA) is 99.4 Å². The predicted molar refractivity (Wildman–Crippen MR) is 220 cm³/mol. The van der Waals surface area contributed by atoms with Gasteiger partial charge in [-0.3, -0.25) is 0 Å². The van der Waals surface area contributed by atoms with E-state index >= 15 is 0 Å². The van der Waals surface area contributed by atoms with Gasteiger partial charge in [0.15, 0.2) is 6.29 Å². The van der Waals surface area contributed by atoms with Crippen LogP contribution in [0.4, 0.5) is 0 Å². The average molecular weight is 717 g/mol. The quantitative estimate of drug-likeness (QED) is 0.0740. The normalized spacial score (nSPS) is 23.8. The zero-order valence-corrected chi connectivity index (χ0v) is 33.5. The van der Waals surface area contributed by atoms with E-state index in [-0.39, 0.29) is 0 Å². The Morgan fingerprint density at radius 3 is 1.50 bits per heavy atom. The van der Waals surface area contributed by atoms with Crippen LogP contribution in [0, 0.1) is 0 Å². The van der Waals surface area contributed by atoms with Gasteiger partial charge in [-0.25, -0.2) is 0 Å². The van der Waals surface area contributed by atoms with E-state index in [1.54, 1.807) is 0 Å².